The highest BCUT2D eigenvalue weighted by Crippen LogP contribution is 2.14. The molecule has 0 aliphatic carbocycles. The van der Waals surface area contributed by atoms with Crippen LogP contribution < -0.4 is 5.32 Å². The third-order valence-electron chi connectivity index (χ3n) is 2.56. The van der Waals surface area contributed by atoms with Crippen LogP contribution in [0.3, 0.4) is 0 Å². The molecule has 1 N–H and O–H groups in total. The van der Waals surface area contributed by atoms with E-state index in [9.17, 15) is 4.79 Å². The molecule has 0 radical (unpaired) electrons. The molecule has 0 saturated carbocycles. The van der Waals surface area contributed by atoms with Crippen LogP contribution in [0.5, 0.6) is 0 Å². The summed E-state index contributed by atoms with van der Waals surface area (Å²) in [5.41, 5.74) is 0. The normalized spacial score (nSPS) is 22.4. The highest BCUT2D eigenvalue weighted by molar-refractivity contribution is 5.77. The Hall–Kier alpha value is -0.570. The van der Waals surface area contributed by atoms with E-state index in [1.807, 2.05) is 13.8 Å². The lowest BCUT2D eigenvalue weighted by Gasteiger charge is -2.22. The minimum absolute atomic E-state index is 0.0854. The molecular weight excluding hydrogens is 178 g/mol. The molecule has 1 heterocycles. The van der Waals surface area contributed by atoms with Gasteiger partial charge in [-0.3, -0.25) is 4.79 Å². The number of carbonyl (C=O) groups is 1. The maximum atomic E-state index is 11.2. The van der Waals surface area contributed by atoms with E-state index >= 15 is 0 Å². The van der Waals surface area contributed by atoms with Crippen molar-refractivity contribution >= 4 is 5.91 Å². The van der Waals surface area contributed by atoms with Crippen molar-refractivity contribution in [2.45, 2.75) is 45.6 Å². The summed E-state index contributed by atoms with van der Waals surface area (Å²) < 4.78 is 5.57. The van der Waals surface area contributed by atoms with Crippen molar-refractivity contribution in [1.82, 2.24) is 5.32 Å². The summed E-state index contributed by atoms with van der Waals surface area (Å²) in [4.78, 5) is 11.2. The van der Waals surface area contributed by atoms with Crippen molar-refractivity contribution in [3.05, 3.63) is 0 Å². The molecule has 0 bridgehead atoms. The number of nitrogens with one attached hydrogen (secondary N) is 1. The zero-order valence-corrected chi connectivity index (χ0v) is 9.21. The molecular formula is C11H21NO2. The van der Waals surface area contributed by atoms with Crippen LogP contribution in [0.1, 0.15) is 39.5 Å². The van der Waals surface area contributed by atoms with Gasteiger partial charge in [0.1, 0.15) is 0 Å². The predicted molar refractivity (Wildman–Crippen MR) is 56.1 cm³/mol. The molecule has 1 fully saturated rings. The van der Waals surface area contributed by atoms with E-state index in [2.05, 4.69) is 5.32 Å². The number of amides is 1. The summed E-state index contributed by atoms with van der Waals surface area (Å²) in [6, 6.07) is 0. The van der Waals surface area contributed by atoms with E-state index in [1.54, 1.807) is 0 Å². The Labute approximate surface area is 86.2 Å². The molecule has 0 aromatic carbocycles. The van der Waals surface area contributed by atoms with Crippen LogP contribution in [0.2, 0.25) is 0 Å². The Morgan fingerprint density at radius 1 is 1.50 bits per heavy atom. The fourth-order valence-electron chi connectivity index (χ4n) is 1.60. The fraction of sp³-hybridized carbons (Fsp3) is 0.909. The van der Waals surface area contributed by atoms with Crippen molar-refractivity contribution in [2.75, 3.05) is 13.2 Å². The van der Waals surface area contributed by atoms with Crippen LogP contribution in [0, 0.1) is 5.92 Å². The Kier molecular flexibility index (Phi) is 4.94. The minimum atomic E-state index is 0.0854. The molecule has 82 valence electrons. The van der Waals surface area contributed by atoms with Gasteiger partial charge in [0.2, 0.25) is 5.91 Å². The topological polar surface area (TPSA) is 38.3 Å². The highest BCUT2D eigenvalue weighted by atomic mass is 16.5. The summed E-state index contributed by atoms with van der Waals surface area (Å²) in [6.07, 6.45) is 4.93. The summed E-state index contributed by atoms with van der Waals surface area (Å²) in [7, 11) is 0. The summed E-state index contributed by atoms with van der Waals surface area (Å²) in [6.45, 7) is 5.46. The molecule has 1 aliphatic rings. The summed E-state index contributed by atoms with van der Waals surface area (Å²) >= 11 is 0. The van der Waals surface area contributed by atoms with Gasteiger partial charge < -0.3 is 10.1 Å². The van der Waals surface area contributed by atoms with Gasteiger partial charge in [-0.05, 0) is 25.7 Å². The van der Waals surface area contributed by atoms with Crippen LogP contribution in [0.15, 0.2) is 0 Å². The molecule has 1 saturated heterocycles. The fourth-order valence-corrected chi connectivity index (χ4v) is 1.60. The third kappa shape index (κ3) is 4.09. The molecule has 0 aromatic heterocycles. The van der Waals surface area contributed by atoms with Crippen molar-refractivity contribution in [3.63, 3.8) is 0 Å². The number of ether oxygens (including phenoxy) is 1. The second kappa shape index (κ2) is 6.02. The van der Waals surface area contributed by atoms with Gasteiger partial charge in [-0.25, -0.2) is 0 Å². The summed E-state index contributed by atoms with van der Waals surface area (Å²) in [5, 5.41) is 2.91. The van der Waals surface area contributed by atoms with Crippen LogP contribution in [-0.2, 0) is 9.53 Å². The van der Waals surface area contributed by atoms with Crippen molar-refractivity contribution in [3.8, 4) is 0 Å². The molecule has 1 atom stereocenters. The van der Waals surface area contributed by atoms with Gasteiger partial charge in [0.25, 0.3) is 0 Å². The molecule has 1 aliphatic heterocycles. The molecule has 0 aromatic rings. The monoisotopic (exact) mass is 199 g/mol. The smallest absolute Gasteiger partial charge is 0.222 e. The first kappa shape index (κ1) is 11.5. The Balaban J connectivity index is 2.05. The average molecular weight is 199 g/mol. The van der Waals surface area contributed by atoms with Crippen molar-refractivity contribution < 1.29 is 9.53 Å². The lowest BCUT2D eigenvalue weighted by atomic mass is 10.1. The quantitative estimate of drug-likeness (QED) is 0.748. The van der Waals surface area contributed by atoms with E-state index in [0.29, 0.717) is 6.10 Å². The van der Waals surface area contributed by atoms with Gasteiger partial charge in [-0.1, -0.05) is 13.8 Å². The van der Waals surface area contributed by atoms with E-state index in [-0.39, 0.29) is 11.8 Å². The first-order chi connectivity index (χ1) is 6.70. The van der Waals surface area contributed by atoms with E-state index in [0.717, 1.165) is 26.0 Å². The van der Waals surface area contributed by atoms with E-state index in [4.69, 9.17) is 4.74 Å². The van der Waals surface area contributed by atoms with Crippen LogP contribution in [-0.4, -0.2) is 25.2 Å². The Morgan fingerprint density at radius 3 is 2.86 bits per heavy atom. The zero-order chi connectivity index (χ0) is 10.4. The maximum Gasteiger partial charge on any atom is 0.222 e. The van der Waals surface area contributed by atoms with E-state index < -0.39 is 0 Å². The number of carbonyl (C=O) groups excluding carboxylic acids is 1. The van der Waals surface area contributed by atoms with Gasteiger partial charge in [0.05, 0.1) is 6.10 Å². The number of hydrogen-bond acceptors (Lipinski definition) is 2. The third-order valence-corrected chi connectivity index (χ3v) is 2.56. The summed E-state index contributed by atoms with van der Waals surface area (Å²) in [5.74, 6) is 0.225. The minimum Gasteiger partial charge on any atom is -0.378 e. The zero-order valence-electron chi connectivity index (χ0n) is 9.21. The highest BCUT2D eigenvalue weighted by Gasteiger charge is 2.14. The van der Waals surface area contributed by atoms with Gasteiger partial charge in [-0.15, -0.1) is 0 Å². The van der Waals surface area contributed by atoms with Gasteiger partial charge in [-0.2, -0.15) is 0 Å². The molecule has 1 rings (SSSR count). The Bertz CT molecular complexity index is 174. The molecule has 14 heavy (non-hydrogen) atoms. The first-order valence-corrected chi connectivity index (χ1v) is 5.59. The SMILES string of the molecule is CC(C)C(=O)NCCC1CCCCO1. The standard InChI is InChI=1S/C11H21NO2/c1-9(2)11(13)12-7-6-10-5-3-4-8-14-10/h9-10H,3-8H2,1-2H3,(H,12,13). The van der Waals surface area contributed by atoms with Crippen LogP contribution in [0.4, 0.5) is 0 Å². The van der Waals surface area contributed by atoms with Gasteiger partial charge in [0, 0.05) is 19.1 Å². The second-order valence-corrected chi connectivity index (χ2v) is 4.22. The Morgan fingerprint density at radius 2 is 2.29 bits per heavy atom. The molecule has 0 spiro atoms. The molecule has 3 nitrogen and oxygen atoms in total. The lowest BCUT2D eigenvalue weighted by molar-refractivity contribution is -0.124. The van der Waals surface area contributed by atoms with Gasteiger partial charge >= 0.3 is 0 Å². The van der Waals surface area contributed by atoms with Crippen molar-refractivity contribution in [2.24, 2.45) is 5.92 Å². The first-order valence-electron chi connectivity index (χ1n) is 5.59. The largest absolute Gasteiger partial charge is 0.378 e. The maximum absolute atomic E-state index is 11.2. The van der Waals surface area contributed by atoms with Crippen molar-refractivity contribution in [1.29, 1.82) is 0 Å². The second-order valence-electron chi connectivity index (χ2n) is 4.22. The molecule has 3 heteroatoms. The van der Waals surface area contributed by atoms with Crippen LogP contribution >= 0.6 is 0 Å². The van der Waals surface area contributed by atoms with Crippen LogP contribution in [0.25, 0.3) is 0 Å². The number of hydrogen-bond donors (Lipinski definition) is 1. The lowest BCUT2D eigenvalue weighted by Crippen LogP contribution is -2.31. The molecule has 1 unspecified atom stereocenters. The molecule has 1 amide bonds. The van der Waals surface area contributed by atoms with E-state index in [1.165, 1.54) is 12.8 Å². The number of rotatable bonds is 4. The predicted octanol–water partition coefficient (Wildman–Crippen LogP) is 1.72. The van der Waals surface area contributed by atoms with Gasteiger partial charge in [0.15, 0.2) is 0 Å². The average Bonchev–Trinajstić information content (AvgIpc) is 2.19.